The molecule has 2 aromatic carbocycles. The third-order valence-electron chi connectivity index (χ3n) is 5.50. The van der Waals surface area contributed by atoms with Gasteiger partial charge in [0.2, 0.25) is 21.8 Å². The average Bonchev–Trinajstić information content (AvgIpc) is 2.84. The minimum absolute atomic E-state index is 0.0207. The highest BCUT2D eigenvalue weighted by atomic mass is 32.2. The van der Waals surface area contributed by atoms with Crippen LogP contribution >= 0.6 is 0 Å². The summed E-state index contributed by atoms with van der Waals surface area (Å²) in [5.74, 6) is -0.612. The van der Waals surface area contributed by atoms with Gasteiger partial charge >= 0.3 is 0 Å². The van der Waals surface area contributed by atoms with Crippen molar-refractivity contribution in [3.8, 4) is 5.75 Å². The molecule has 182 valence electrons. The van der Waals surface area contributed by atoms with Crippen molar-refractivity contribution in [2.75, 3.05) is 45.3 Å². The standard InChI is InChI=1S/C24H29N3O6S/c1-17-5-4-6-20(18(17)2)26-24(29)16-25-23(28)10-8-19-7-9-21(32-3)22(15-19)34(30,31)27-11-13-33-14-12-27/h4-10,15H,11-14,16H2,1-3H3,(H,25,28)(H,26,29). The van der Waals surface area contributed by atoms with Crippen LogP contribution in [0.2, 0.25) is 0 Å². The van der Waals surface area contributed by atoms with Crippen LogP contribution < -0.4 is 15.4 Å². The van der Waals surface area contributed by atoms with E-state index in [0.29, 0.717) is 24.5 Å². The Morgan fingerprint density at radius 3 is 2.59 bits per heavy atom. The molecule has 2 aromatic rings. The molecule has 9 nitrogen and oxygen atoms in total. The van der Waals surface area contributed by atoms with Crippen LogP contribution in [-0.2, 0) is 24.3 Å². The van der Waals surface area contributed by atoms with Crippen molar-refractivity contribution in [1.82, 2.24) is 9.62 Å². The second-order valence-electron chi connectivity index (χ2n) is 7.77. The zero-order valence-electron chi connectivity index (χ0n) is 19.5. The van der Waals surface area contributed by atoms with E-state index in [1.165, 1.54) is 29.6 Å². The normalized spacial score (nSPS) is 14.7. The number of morpholine rings is 1. The summed E-state index contributed by atoms with van der Waals surface area (Å²) in [5.41, 5.74) is 3.22. The lowest BCUT2D eigenvalue weighted by Gasteiger charge is -2.26. The van der Waals surface area contributed by atoms with Crippen molar-refractivity contribution in [2.45, 2.75) is 18.7 Å². The van der Waals surface area contributed by atoms with E-state index in [9.17, 15) is 18.0 Å². The molecule has 2 amide bonds. The molecule has 34 heavy (non-hydrogen) atoms. The van der Waals surface area contributed by atoms with Crippen molar-refractivity contribution in [3.05, 3.63) is 59.2 Å². The maximum Gasteiger partial charge on any atom is 0.246 e. The first-order chi connectivity index (χ1) is 16.2. The molecule has 3 rings (SSSR count). The second kappa shape index (κ2) is 11.3. The zero-order chi connectivity index (χ0) is 24.7. The summed E-state index contributed by atoms with van der Waals surface area (Å²) in [4.78, 5) is 24.4. The Labute approximate surface area is 199 Å². The van der Waals surface area contributed by atoms with E-state index >= 15 is 0 Å². The number of hydrogen-bond donors (Lipinski definition) is 2. The fourth-order valence-corrected chi connectivity index (χ4v) is 5.00. The van der Waals surface area contributed by atoms with E-state index in [0.717, 1.165) is 11.1 Å². The smallest absolute Gasteiger partial charge is 0.246 e. The summed E-state index contributed by atoms with van der Waals surface area (Å²) in [5, 5.41) is 5.30. The number of sulfonamides is 1. The van der Waals surface area contributed by atoms with E-state index in [1.807, 2.05) is 26.0 Å². The third-order valence-corrected chi connectivity index (χ3v) is 7.42. The van der Waals surface area contributed by atoms with Crippen LogP contribution in [0.15, 0.2) is 47.4 Å². The van der Waals surface area contributed by atoms with Crippen LogP contribution in [0.1, 0.15) is 16.7 Å². The molecule has 1 aliphatic heterocycles. The van der Waals surface area contributed by atoms with Gasteiger partial charge in [0.25, 0.3) is 0 Å². The Morgan fingerprint density at radius 1 is 1.15 bits per heavy atom. The number of ether oxygens (including phenoxy) is 2. The van der Waals surface area contributed by atoms with Crippen LogP contribution in [-0.4, -0.2) is 64.5 Å². The first-order valence-corrected chi connectivity index (χ1v) is 12.2. The van der Waals surface area contributed by atoms with Crippen LogP contribution in [0.25, 0.3) is 6.08 Å². The summed E-state index contributed by atoms with van der Waals surface area (Å²) >= 11 is 0. The van der Waals surface area contributed by atoms with E-state index in [2.05, 4.69) is 10.6 Å². The second-order valence-corrected chi connectivity index (χ2v) is 9.68. The number of amides is 2. The van der Waals surface area contributed by atoms with E-state index < -0.39 is 15.9 Å². The quantitative estimate of drug-likeness (QED) is 0.552. The molecule has 1 saturated heterocycles. The maximum atomic E-state index is 13.1. The lowest BCUT2D eigenvalue weighted by atomic mass is 10.1. The maximum absolute atomic E-state index is 13.1. The predicted octanol–water partition coefficient (Wildman–Crippen LogP) is 2.10. The molecule has 0 unspecified atom stereocenters. The molecule has 0 saturated carbocycles. The highest BCUT2D eigenvalue weighted by molar-refractivity contribution is 7.89. The highest BCUT2D eigenvalue weighted by Crippen LogP contribution is 2.28. The number of anilines is 1. The molecule has 0 radical (unpaired) electrons. The predicted molar refractivity (Wildman–Crippen MR) is 129 cm³/mol. The molecular formula is C24H29N3O6S. The molecule has 1 fully saturated rings. The lowest BCUT2D eigenvalue weighted by Crippen LogP contribution is -2.40. The third kappa shape index (κ3) is 6.22. The molecule has 10 heteroatoms. The summed E-state index contributed by atoms with van der Waals surface area (Å²) in [6.45, 7) is 4.85. The number of benzene rings is 2. The van der Waals surface area contributed by atoms with Crippen LogP contribution in [0.5, 0.6) is 5.75 Å². The van der Waals surface area contributed by atoms with Crippen molar-refractivity contribution in [2.24, 2.45) is 0 Å². The Morgan fingerprint density at radius 2 is 1.88 bits per heavy atom. The van der Waals surface area contributed by atoms with Gasteiger partial charge in [-0.15, -0.1) is 0 Å². The number of nitrogens with zero attached hydrogens (tertiary/aromatic N) is 1. The average molecular weight is 488 g/mol. The van der Waals surface area contributed by atoms with Crippen molar-refractivity contribution in [3.63, 3.8) is 0 Å². The van der Waals surface area contributed by atoms with Crippen molar-refractivity contribution < 1.29 is 27.5 Å². The number of aryl methyl sites for hydroxylation is 1. The molecular weight excluding hydrogens is 458 g/mol. The van der Waals surface area contributed by atoms with Gasteiger partial charge in [-0.2, -0.15) is 4.31 Å². The molecule has 0 spiro atoms. The van der Waals surface area contributed by atoms with Gasteiger partial charge in [-0.3, -0.25) is 9.59 Å². The zero-order valence-corrected chi connectivity index (χ0v) is 20.3. The van der Waals surface area contributed by atoms with E-state index in [1.54, 1.807) is 18.2 Å². The van der Waals surface area contributed by atoms with E-state index in [4.69, 9.17) is 9.47 Å². The van der Waals surface area contributed by atoms with Crippen LogP contribution in [0, 0.1) is 13.8 Å². The summed E-state index contributed by atoms with van der Waals surface area (Å²) < 4.78 is 38.0. The number of methoxy groups -OCH3 is 1. The van der Waals surface area contributed by atoms with Gasteiger partial charge in [-0.25, -0.2) is 8.42 Å². The number of nitrogens with one attached hydrogen (secondary N) is 2. The first kappa shape index (κ1) is 25.4. The highest BCUT2D eigenvalue weighted by Gasteiger charge is 2.29. The molecule has 0 aromatic heterocycles. The lowest BCUT2D eigenvalue weighted by molar-refractivity contribution is -0.121. The summed E-state index contributed by atoms with van der Waals surface area (Å²) in [7, 11) is -2.38. The number of rotatable bonds is 8. The van der Waals surface area contributed by atoms with Crippen molar-refractivity contribution >= 4 is 33.6 Å². The molecule has 0 aliphatic carbocycles. The van der Waals surface area contributed by atoms with E-state index in [-0.39, 0.29) is 36.2 Å². The van der Waals surface area contributed by atoms with Crippen molar-refractivity contribution in [1.29, 1.82) is 0 Å². The Balaban J connectivity index is 1.64. The van der Waals surface area contributed by atoms with Gasteiger partial charge in [0.05, 0.1) is 26.9 Å². The Bertz CT molecular complexity index is 1190. The van der Waals surface area contributed by atoms with Gasteiger partial charge in [-0.05, 0) is 54.8 Å². The first-order valence-electron chi connectivity index (χ1n) is 10.8. The van der Waals surface area contributed by atoms with Crippen LogP contribution in [0.4, 0.5) is 5.69 Å². The fourth-order valence-electron chi connectivity index (χ4n) is 3.40. The van der Waals surface area contributed by atoms with Gasteiger partial charge in [0.15, 0.2) is 0 Å². The summed E-state index contributed by atoms with van der Waals surface area (Å²) in [6, 6.07) is 10.3. The number of carbonyl (C=O) groups excluding carboxylic acids is 2. The van der Waals surface area contributed by atoms with Gasteiger partial charge < -0.3 is 20.1 Å². The number of hydrogen-bond acceptors (Lipinski definition) is 6. The minimum atomic E-state index is -3.78. The number of carbonyl (C=O) groups is 2. The molecule has 1 heterocycles. The molecule has 2 N–H and O–H groups in total. The topological polar surface area (TPSA) is 114 Å². The molecule has 0 atom stereocenters. The fraction of sp³-hybridized carbons (Fsp3) is 0.333. The van der Waals surface area contributed by atoms with Gasteiger partial charge in [0, 0.05) is 24.9 Å². The molecule has 0 bridgehead atoms. The summed E-state index contributed by atoms with van der Waals surface area (Å²) in [6.07, 6.45) is 2.73. The largest absolute Gasteiger partial charge is 0.495 e. The Kier molecular flexibility index (Phi) is 8.43. The SMILES string of the molecule is COc1ccc(C=CC(=O)NCC(=O)Nc2cccc(C)c2C)cc1S(=O)(=O)N1CCOCC1. The monoisotopic (exact) mass is 487 g/mol. The minimum Gasteiger partial charge on any atom is -0.495 e. The van der Waals surface area contributed by atoms with Crippen LogP contribution in [0.3, 0.4) is 0 Å². The molecule has 1 aliphatic rings. The van der Waals surface area contributed by atoms with Gasteiger partial charge in [0.1, 0.15) is 10.6 Å². The Hall–Kier alpha value is -3.21. The van der Waals surface area contributed by atoms with Gasteiger partial charge in [-0.1, -0.05) is 18.2 Å².